The lowest BCUT2D eigenvalue weighted by molar-refractivity contribution is 0.128. The molecule has 0 aromatic carbocycles. The summed E-state index contributed by atoms with van der Waals surface area (Å²) >= 11 is 0. The fourth-order valence-electron chi connectivity index (χ4n) is 1.97. The maximum absolute atomic E-state index is 5.44. The van der Waals surface area contributed by atoms with E-state index >= 15 is 0 Å². The number of rotatable bonds is 6. The van der Waals surface area contributed by atoms with Crippen LogP contribution < -0.4 is 16.7 Å². The molecular weight excluding hydrogens is 258 g/mol. The van der Waals surface area contributed by atoms with Gasteiger partial charge in [-0.05, 0) is 14.0 Å². The highest BCUT2D eigenvalue weighted by Crippen LogP contribution is 2.12. The first kappa shape index (κ1) is 14.9. The summed E-state index contributed by atoms with van der Waals surface area (Å²) in [5.74, 6) is 7.35. The number of ether oxygens (including phenoxy) is 1. The largest absolute Gasteiger partial charge is 0.374 e. The summed E-state index contributed by atoms with van der Waals surface area (Å²) in [6.07, 6.45) is 0. The molecule has 0 unspecified atom stereocenters. The van der Waals surface area contributed by atoms with Gasteiger partial charge in [-0.15, -0.1) is 0 Å². The smallest absolute Gasteiger partial charge is 0.158 e. The second-order valence-electron chi connectivity index (χ2n) is 4.74. The lowest BCUT2D eigenvalue weighted by Gasteiger charge is -2.32. The molecular formula is C12H23N7O. The van der Waals surface area contributed by atoms with Crippen LogP contribution in [-0.4, -0.2) is 59.7 Å². The molecule has 8 heteroatoms. The van der Waals surface area contributed by atoms with Crippen molar-refractivity contribution in [2.75, 3.05) is 50.7 Å². The van der Waals surface area contributed by atoms with Crippen LogP contribution in [-0.2, 0) is 11.3 Å². The van der Waals surface area contributed by atoms with E-state index in [-0.39, 0.29) is 0 Å². The summed E-state index contributed by atoms with van der Waals surface area (Å²) in [5.41, 5.74) is 5.85. The third kappa shape index (κ3) is 4.27. The summed E-state index contributed by atoms with van der Waals surface area (Å²) in [6, 6.07) is 1.79. The van der Waals surface area contributed by atoms with Gasteiger partial charge in [0.05, 0.1) is 0 Å². The maximum Gasteiger partial charge on any atom is 0.158 e. The fraction of sp³-hybridized carbons (Fsp3) is 0.667. The van der Waals surface area contributed by atoms with E-state index in [9.17, 15) is 0 Å². The van der Waals surface area contributed by atoms with Crippen LogP contribution in [0, 0.1) is 0 Å². The first-order chi connectivity index (χ1) is 9.71. The summed E-state index contributed by atoms with van der Waals surface area (Å²) in [7, 11) is 2.12. The van der Waals surface area contributed by atoms with E-state index in [0.717, 1.165) is 32.0 Å². The van der Waals surface area contributed by atoms with Crippen molar-refractivity contribution in [1.29, 1.82) is 0 Å². The molecule has 1 aromatic rings. The van der Waals surface area contributed by atoms with Crippen molar-refractivity contribution in [2.24, 2.45) is 5.84 Å². The van der Waals surface area contributed by atoms with Crippen LogP contribution in [0.15, 0.2) is 6.07 Å². The van der Waals surface area contributed by atoms with E-state index in [4.69, 9.17) is 10.6 Å². The predicted molar refractivity (Wildman–Crippen MR) is 77.9 cm³/mol. The van der Waals surface area contributed by atoms with Gasteiger partial charge < -0.3 is 20.5 Å². The highest BCUT2D eigenvalue weighted by molar-refractivity contribution is 5.46. The highest BCUT2D eigenvalue weighted by atomic mass is 16.5. The minimum Gasteiger partial charge on any atom is -0.374 e. The number of piperazine rings is 1. The third-order valence-corrected chi connectivity index (χ3v) is 3.13. The Morgan fingerprint density at radius 2 is 1.95 bits per heavy atom. The molecule has 8 nitrogen and oxygen atoms in total. The first-order valence-corrected chi connectivity index (χ1v) is 6.83. The van der Waals surface area contributed by atoms with Crippen LogP contribution in [0.2, 0.25) is 0 Å². The molecule has 1 aliphatic heterocycles. The van der Waals surface area contributed by atoms with Gasteiger partial charge in [0.2, 0.25) is 0 Å². The third-order valence-electron chi connectivity index (χ3n) is 3.13. The molecule has 0 spiro atoms. The number of nitrogens with two attached hydrogens (primary N) is 1. The van der Waals surface area contributed by atoms with Gasteiger partial charge in [-0.25, -0.2) is 20.8 Å². The van der Waals surface area contributed by atoms with Gasteiger partial charge in [-0.3, -0.25) is 0 Å². The van der Waals surface area contributed by atoms with Crippen molar-refractivity contribution >= 4 is 11.6 Å². The molecule has 0 bridgehead atoms. The molecule has 0 amide bonds. The fourth-order valence-corrected chi connectivity index (χ4v) is 1.97. The van der Waals surface area contributed by atoms with Gasteiger partial charge in [0.15, 0.2) is 5.82 Å². The predicted octanol–water partition coefficient (Wildman–Crippen LogP) is -0.127. The van der Waals surface area contributed by atoms with Crippen LogP contribution in [0.4, 0.5) is 11.6 Å². The molecule has 0 radical (unpaired) electrons. The summed E-state index contributed by atoms with van der Waals surface area (Å²) in [6.45, 7) is 6.92. The molecule has 1 aromatic heterocycles. The minimum absolute atomic E-state index is 0.378. The molecule has 2 heterocycles. The van der Waals surface area contributed by atoms with Gasteiger partial charge >= 0.3 is 0 Å². The Morgan fingerprint density at radius 1 is 1.25 bits per heavy atom. The molecule has 1 fully saturated rings. The average molecular weight is 281 g/mol. The van der Waals surface area contributed by atoms with Crippen LogP contribution in [0.3, 0.4) is 0 Å². The van der Waals surface area contributed by atoms with Crippen molar-refractivity contribution in [1.82, 2.24) is 19.9 Å². The van der Waals surface area contributed by atoms with Crippen LogP contribution >= 0.6 is 0 Å². The van der Waals surface area contributed by atoms with Crippen molar-refractivity contribution in [3.8, 4) is 0 Å². The highest BCUT2D eigenvalue weighted by Gasteiger charge is 2.14. The van der Waals surface area contributed by atoms with Crippen molar-refractivity contribution in [3.05, 3.63) is 11.9 Å². The maximum atomic E-state index is 5.44. The number of hydrazine groups is 2. The van der Waals surface area contributed by atoms with Gasteiger partial charge in [-0.2, -0.15) is 0 Å². The molecule has 0 aliphatic carbocycles. The molecule has 20 heavy (non-hydrogen) atoms. The van der Waals surface area contributed by atoms with Crippen molar-refractivity contribution in [3.63, 3.8) is 0 Å². The monoisotopic (exact) mass is 281 g/mol. The zero-order valence-electron chi connectivity index (χ0n) is 12.1. The number of hydrogen-bond donors (Lipinski definition) is 3. The number of nitrogens with one attached hydrogen (secondary N) is 2. The van der Waals surface area contributed by atoms with Crippen molar-refractivity contribution < 1.29 is 4.74 Å². The van der Waals surface area contributed by atoms with E-state index < -0.39 is 0 Å². The van der Waals surface area contributed by atoms with E-state index in [1.54, 1.807) is 6.07 Å². The Kier molecular flexibility index (Phi) is 5.48. The number of likely N-dealkylation sites (N-methyl/N-ethyl adjacent to an activating group) is 1. The average Bonchev–Trinajstić information content (AvgIpc) is 2.47. The zero-order chi connectivity index (χ0) is 14.4. The minimum atomic E-state index is 0.378. The topological polar surface area (TPSA) is 91.6 Å². The Labute approximate surface area is 119 Å². The number of hydrogen-bond acceptors (Lipinski definition) is 8. The molecule has 0 atom stereocenters. The number of anilines is 2. The normalized spacial score (nSPS) is 17.1. The summed E-state index contributed by atoms with van der Waals surface area (Å²) in [5, 5.41) is 2.15. The van der Waals surface area contributed by atoms with Crippen LogP contribution in [0.5, 0.6) is 0 Å². The van der Waals surface area contributed by atoms with E-state index in [0.29, 0.717) is 24.9 Å². The first-order valence-electron chi connectivity index (χ1n) is 6.83. The second-order valence-corrected chi connectivity index (χ2v) is 4.74. The van der Waals surface area contributed by atoms with Gasteiger partial charge in [-0.1, -0.05) is 0 Å². The molecule has 112 valence electrons. The Balaban J connectivity index is 2.02. The quantitative estimate of drug-likeness (QED) is 0.491. The molecule has 2 rings (SSSR count). The summed E-state index contributed by atoms with van der Waals surface area (Å²) in [4.78, 5) is 11.0. The van der Waals surface area contributed by atoms with Gasteiger partial charge in [0.1, 0.15) is 18.2 Å². The molecule has 1 saturated heterocycles. The number of nitrogen functional groups attached to an aromatic ring is 1. The SMILES string of the molecule is CCOCc1nc(NN)cc(NN2CCN(C)CC2)n1. The van der Waals surface area contributed by atoms with E-state index in [2.05, 4.69) is 37.8 Å². The molecule has 0 saturated carbocycles. The van der Waals surface area contributed by atoms with Gasteiger partial charge in [0, 0.05) is 38.9 Å². The lowest BCUT2D eigenvalue weighted by Crippen LogP contribution is -2.47. The Bertz CT molecular complexity index is 420. The Morgan fingerprint density at radius 3 is 2.60 bits per heavy atom. The Hall–Kier alpha value is -1.48. The van der Waals surface area contributed by atoms with E-state index in [1.807, 2.05) is 6.92 Å². The molecule has 1 aliphatic rings. The lowest BCUT2D eigenvalue weighted by atomic mass is 10.4. The van der Waals surface area contributed by atoms with E-state index in [1.165, 1.54) is 0 Å². The zero-order valence-corrected chi connectivity index (χ0v) is 12.1. The standard InChI is InChI=1S/C12H23N7O/c1-3-20-9-12-14-10(16-13)8-11(15-12)17-19-6-4-18(2)5-7-19/h8H,3-7,9,13H2,1-2H3,(H2,14,15,16,17). The second kappa shape index (κ2) is 7.34. The van der Waals surface area contributed by atoms with Crippen LogP contribution in [0.25, 0.3) is 0 Å². The molecule has 4 N–H and O–H groups in total. The van der Waals surface area contributed by atoms with Crippen molar-refractivity contribution in [2.45, 2.75) is 13.5 Å². The number of nitrogens with zero attached hydrogens (tertiary/aromatic N) is 4. The van der Waals surface area contributed by atoms with Gasteiger partial charge in [0.25, 0.3) is 0 Å². The number of aromatic nitrogens is 2. The summed E-state index contributed by atoms with van der Waals surface area (Å²) < 4.78 is 5.34. The van der Waals surface area contributed by atoms with Crippen LogP contribution in [0.1, 0.15) is 12.7 Å².